The number of rotatable bonds is 13. The van der Waals surface area contributed by atoms with Gasteiger partial charge in [0.1, 0.15) is 5.82 Å². The molecule has 0 atom stereocenters. The number of ether oxygens (including phenoxy) is 2. The van der Waals surface area contributed by atoms with E-state index in [1.54, 1.807) is 32.0 Å². The molecule has 1 aromatic heterocycles. The van der Waals surface area contributed by atoms with Gasteiger partial charge in [-0.3, -0.25) is 0 Å². The van der Waals surface area contributed by atoms with Crippen LogP contribution >= 0.6 is 0 Å². The minimum atomic E-state index is -4.38. The number of aryl methyl sites for hydroxylation is 2. The maximum absolute atomic E-state index is 12.5. The lowest BCUT2D eigenvalue weighted by Crippen LogP contribution is -2.35. The van der Waals surface area contributed by atoms with E-state index in [2.05, 4.69) is 21.3 Å². The summed E-state index contributed by atoms with van der Waals surface area (Å²) in [6.45, 7) is 12.4. The van der Waals surface area contributed by atoms with Crippen molar-refractivity contribution in [3.63, 3.8) is 0 Å². The highest BCUT2D eigenvalue weighted by molar-refractivity contribution is 7.85. The van der Waals surface area contributed by atoms with Gasteiger partial charge >= 0.3 is 11.9 Å². The first-order valence-corrected chi connectivity index (χ1v) is 16.6. The molecule has 3 N–H and O–H groups in total. The molecular weight excluding hydrogens is 598 g/mol. The first-order chi connectivity index (χ1) is 21.1. The topological polar surface area (TPSA) is 160 Å². The Morgan fingerprint density at radius 2 is 1.49 bits per heavy atom. The molecule has 1 aliphatic rings. The molecule has 12 nitrogen and oxygen atoms in total. The Hall–Kier alpha value is -4.20. The van der Waals surface area contributed by atoms with Gasteiger partial charge in [-0.05, 0) is 77.4 Å². The van der Waals surface area contributed by atoms with Crippen LogP contribution in [0.1, 0.15) is 67.6 Å². The van der Waals surface area contributed by atoms with Crippen molar-refractivity contribution in [3.05, 3.63) is 71.3 Å². The Balaban J connectivity index is 0.00000552. The number of imidazole rings is 1. The maximum Gasteiger partial charge on any atom is 0.338 e. The number of aromatic nitrogens is 2. The van der Waals surface area contributed by atoms with Crippen molar-refractivity contribution in [2.24, 2.45) is 0 Å². The Kier molecular flexibility index (Phi) is 11.9. The lowest BCUT2D eigenvalue weighted by Gasteiger charge is -2.23. The Morgan fingerprint density at radius 1 is 0.889 bits per heavy atom. The second kappa shape index (κ2) is 15.2. The van der Waals surface area contributed by atoms with Crippen LogP contribution in [0.5, 0.6) is 0 Å². The minimum absolute atomic E-state index is 0. The molecular formula is C32H43N5O7S. The second-order valence-corrected chi connectivity index (χ2v) is 11.6. The highest BCUT2D eigenvalue weighted by Gasteiger charge is 2.30. The van der Waals surface area contributed by atoms with E-state index in [-0.39, 0.29) is 31.7 Å². The summed E-state index contributed by atoms with van der Waals surface area (Å²) >= 11 is 0. The predicted molar refractivity (Wildman–Crippen MR) is 174 cm³/mol. The number of carbonyl (C=O) groups is 2. The zero-order chi connectivity index (χ0) is 32.0. The summed E-state index contributed by atoms with van der Waals surface area (Å²) in [7, 11) is -4.38. The molecule has 3 aromatic rings. The molecule has 0 amide bonds. The van der Waals surface area contributed by atoms with Crippen molar-refractivity contribution in [1.29, 1.82) is 0 Å². The van der Waals surface area contributed by atoms with Crippen molar-refractivity contribution in [3.8, 4) is 0 Å². The van der Waals surface area contributed by atoms with Crippen LogP contribution in [0.3, 0.4) is 0 Å². The third-order valence-electron chi connectivity index (χ3n) is 7.46. The fraction of sp³-hybridized carbons (Fsp3) is 0.406. The normalized spacial score (nSPS) is 13.9. The summed E-state index contributed by atoms with van der Waals surface area (Å²) in [6, 6.07) is 10.9. The first kappa shape index (κ1) is 35.3. The Labute approximate surface area is 264 Å². The zero-order valence-electron chi connectivity index (χ0n) is 26.6. The van der Waals surface area contributed by atoms with E-state index in [4.69, 9.17) is 9.47 Å². The summed E-state index contributed by atoms with van der Waals surface area (Å²) in [6.07, 6.45) is 6.01. The smallest absolute Gasteiger partial charge is 0.338 e. The molecule has 1 aliphatic heterocycles. The number of benzene rings is 2. The van der Waals surface area contributed by atoms with E-state index in [0.717, 1.165) is 34.1 Å². The van der Waals surface area contributed by atoms with E-state index in [0.29, 0.717) is 37.4 Å². The molecule has 0 saturated carbocycles. The second-order valence-electron chi connectivity index (χ2n) is 10.1. The van der Waals surface area contributed by atoms with Gasteiger partial charge in [0.25, 0.3) is 5.82 Å². The quantitative estimate of drug-likeness (QED) is 0.158. The Morgan fingerprint density at radius 3 is 2.07 bits per heavy atom. The van der Waals surface area contributed by atoms with E-state index in [1.807, 2.05) is 54.8 Å². The molecule has 4 rings (SSSR count). The third kappa shape index (κ3) is 7.55. The van der Waals surface area contributed by atoms with E-state index < -0.39 is 21.8 Å². The largest absolute Gasteiger partial charge is 0.748 e. The van der Waals surface area contributed by atoms with E-state index >= 15 is 0 Å². The van der Waals surface area contributed by atoms with Gasteiger partial charge in [-0.1, -0.05) is 6.08 Å². The lowest BCUT2D eigenvalue weighted by molar-refractivity contribution is -0.670. The minimum Gasteiger partial charge on any atom is -0.748 e. The number of anilines is 2. The molecule has 0 saturated heterocycles. The Bertz CT molecular complexity index is 1710. The summed E-state index contributed by atoms with van der Waals surface area (Å²) in [5.74, 6) is 0.428. The standard InChI is InChI=1S/C32H40N4O7S.H3N/c1-6-33-25-17-15-23(31(37)42-9-4)21-27(25)35(8-3)29(33)13-11-14-30-34(7-2)26-18-16-24(32(38)43-10-5)22-28(26)36(30)19-12-20-44(39,40)41;/h11,13-18,21-22H,6-10,12,19-20H2,1-5H3;1H3. The van der Waals surface area contributed by atoms with Crippen molar-refractivity contribution in [2.45, 2.75) is 54.1 Å². The number of fused-ring (bicyclic) bond motifs is 2. The lowest BCUT2D eigenvalue weighted by atomic mass is 10.1. The van der Waals surface area contributed by atoms with Crippen LogP contribution < -0.4 is 20.5 Å². The summed E-state index contributed by atoms with van der Waals surface area (Å²) in [4.78, 5) is 29.3. The summed E-state index contributed by atoms with van der Waals surface area (Å²) in [5.41, 5.74) is 4.39. The predicted octanol–water partition coefficient (Wildman–Crippen LogP) is 4.62. The van der Waals surface area contributed by atoms with Crippen LogP contribution in [0.2, 0.25) is 0 Å². The average Bonchev–Trinajstić information content (AvgIpc) is 3.46. The third-order valence-corrected chi connectivity index (χ3v) is 8.25. The molecule has 2 aromatic carbocycles. The van der Waals surface area contributed by atoms with E-state index in [1.165, 1.54) is 0 Å². The molecule has 0 spiro atoms. The van der Waals surface area contributed by atoms with Crippen molar-refractivity contribution in [1.82, 2.24) is 10.7 Å². The van der Waals surface area contributed by atoms with Crippen molar-refractivity contribution < 1.29 is 36.6 Å². The van der Waals surface area contributed by atoms with Gasteiger partial charge in [-0.2, -0.15) is 0 Å². The average molecular weight is 642 g/mol. The van der Waals surface area contributed by atoms with Gasteiger partial charge in [0.05, 0.1) is 58.9 Å². The van der Waals surface area contributed by atoms with Crippen LogP contribution in [0, 0.1) is 0 Å². The number of allylic oxidation sites excluding steroid dienone is 2. The van der Waals surface area contributed by atoms with Crippen molar-refractivity contribution >= 4 is 50.5 Å². The molecule has 244 valence electrons. The number of hydrogen-bond acceptors (Lipinski definition) is 10. The number of nitrogens with zero attached hydrogens (tertiary/aromatic N) is 4. The molecule has 0 radical (unpaired) electrons. The fourth-order valence-electron chi connectivity index (χ4n) is 5.62. The first-order valence-electron chi connectivity index (χ1n) is 15.0. The molecule has 0 bridgehead atoms. The highest BCUT2D eigenvalue weighted by atomic mass is 32.2. The monoisotopic (exact) mass is 641 g/mol. The SMILES string of the molecule is CCOC(=O)c1ccc2c(c1)N(CC)/C(=C/C=C/c1n(CCCS(=O)(=O)[O-])c3cc(C(=O)OCC)ccc3[n+]1CC)N2CC.N. The number of carbonyl (C=O) groups excluding carboxylic acids is 2. The molecule has 45 heavy (non-hydrogen) atoms. The van der Waals surface area contributed by atoms with Gasteiger partial charge < -0.3 is 30.0 Å². The van der Waals surface area contributed by atoms with Gasteiger partial charge in [0.2, 0.25) is 0 Å². The highest BCUT2D eigenvalue weighted by Crippen LogP contribution is 2.42. The summed E-state index contributed by atoms with van der Waals surface area (Å²) in [5, 5.41) is 0. The van der Waals surface area contributed by atoms with Crippen LogP contribution in [-0.2, 0) is 32.7 Å². The molecule has 2 heterocycles. The van der Waals surface area contributed by atoms with Crippen LogP contribution in [0.4, 0.5) is 11.4 Å². The van der Waals surface area contributed by atoms with Gasteiger partial charge in [0.15, 0.2) is 11.0 Å². The number of hydrogen-bond donors (Lipinski definition) is 1. The van der Waals surface area contributed by atoms with Gasteiger partial charge in [0, 0.05) is 31.0 Å². The fourth-order valence-corrected chi connectivity index (χ4v) is 6.10. The maximum atomic E-state index is 12.5. The van der Waals surface area contributed by atoms with E-state index in [9.17, 15) is 22.6 Å². The van der Waals surface area contributed by atoms with Crippen LogP contribution in [-0.4, -0.2) is 61.5 Å². The molecule has 0 unspecified atom stereocenters. The summed E-state index contributed by atoms with van der Waals surface area (Å²) < 4.78 is 48.6. The molecule has 13 heteroatoms. The van der Waals surface area contributed by atoms with Gasteiger partial charge in [-0.25, -0.2) is 27.1 Å². The van der Waals surface area contributed by atoms with Crippen LogP contribution in [0.15, 0.2) is 54.4 Å². The van der Waals surface area contributed by atoms with Gasteiger partial charge in [-0.15, -0.1) is 0 Å². The molecule has 0 fully saturated rings. The van der Waals surface area contributed by atoms with Crippen molar-refractivity contribution in [2.75, 3.05) is 41.9 Å². The number of esters is 2. The van der Waals surface area contributed by atoms with Crippen LogP contribution in [0.25, 0.3) is 17.1 Å². The molecule has 0 aliphatic carbocycles. The zero-order valence-corrected chi connectivity index (χ0v) is 27.4.